The summed E-state index contributed by atoms with van der Waals surface area (Å²) in [4.78, 5) is 2.08. The van der Waals surface area contributed by atoms with Gasteiger partial charge < -0.3 is 19.5 Å². The van der Waals surface area contributed by atoms with Gasteiger partial charge in [0.2, 0.25) is 0 Å². The van der Waals surface area contributed by atoms with Gasteiger partial charge in [-0.3, -0.25) is 0 Å². The fourth-order valence-corrected chi connectivity index (χ4v) is 4.97. The number of hydrogen-bond donors (Lipinski definition) is 1. The van der Waals surface area contributed by atoms with Crippen LogP contribution in [-0.2, 0) is 22.3 Å². The fraction of sp³-hybridized carbons (Fsp3) is 0.500. The van der Waals surface area contributed by atoms with Gasteiger partial charge in [0, 0.05) is 20.8 Å². The molecule has 2 aliphatic rings. The van der Waals surface area contributed by atoms with Crippen LogP contribution in [0, 0.1) is 5.82 Å². The SMILES string of the molecule is COC(OC)C1CCCCN1c1ccc(-c2cc(O)cc3c2CCCC3)cc1F. The van der Waals surface area contributed by atoms with Crippen molar-refractivity contribution in [2.75, 3.05) is 25.7 Å². The van der Waals surface area contributed by atoms with Gasteiger partial charge in [0.1, 0.15) is 11.6 Å². The summed E-state index contributed by atoms with van der Waals surface area (Å²) < 4.78 is 26.3. The Bertz CT molecular complexity index is 865. The van der Waals surface area contributed by atoms with E-state index in [2.05, 4.69) is 4.90 Å². The van der Waals surface area contributed by atoms with E-state index >= 15 is 4.39 Å². The molecule has 1 atom stereocenters. The highest BCUT2D eigenvalue weighted by Gasteiger charge is 2.32. The number of halogens is 1. The predicted octanol–water partition coefficient (Wildman–Crippen LogP) is 5.05. The van der Waals surface area contributed by atoms with Crippen molar-refractivity contribution >= 4 is 5.69 Å². The van der Waals surface area contributed by atoms with Gasteiger partial charge in [-0.05, 0) is 91.5 Å². The third-order valence-electron chi connectivity index (χ3n) is 6.35. The maximum absolute atomic E-state index is 15.3. The summed E-state index contributed by atoms with van der Waals surface area (Å²) in [6.45, 7) is 0.783. The first-order valence-electron chi connectivity index (χ1n) is 10.6. The Morgan fingerprint density at radius 3 is 2.59 bits per heavy atom. The van der Waals surface area contributed by atoms with E-state index in [0.29, 0.717) is 5.69 Å². The van der Waals surface area contributed by atoms with Gasteiger partial charge in [0.25, 0.3) is 0 Å². The molecule has 156 valence electrons. The van der Waals surface area contributed by atoms with E-state index in [4.69, 9.17) is 9.47 Å². The summed E-state index contributed by atoms with van der Waals surface area (Å²) in [5.74, 6) is 0.0116. The molecule has 1 N–H and O–H groups in total. The lowest BCUT2D eigenvalue weighted by Crippen LogP contribution is -2.48. The minimum atomic E-state index is -0.382. The van der Waals surface area contributed by atoms with E-state index in [1.165, 1.54) is 11.1 Å². The van der Waals surface area contributed by atoms with E-state index in [-0.39, 0.29) is 23.9 Å². The largest absolute Gasteiger partial charge is 0.508 e. The average molecular weight is 400 g/mol. The van der Waals surface area contributed by atoms with Crippen LogP contribution in [0.3, 0.4) is 0 Å². The van der Waals surface area contributed by atoms with Crippen LogP contribution in [0.4, 0.5) is 10.1 Å². The van der Waals surface area contributed by atoms with Crippen LogP contribution in [0.1, 0.15) is 43.2 Å². The number of nitrogens with zero attached hydrogens (tertiary/aromatic N) is 1. The Labute approximate surface area is 172 Å². The van der Waals surface area contributed by atoms with Crippen LogP contribution in [0.2, 0.25) is 0 Å². The molecular weight excluding hydrogens is 369 g/mol. The molecule has 0 spiro atoms. The smallest absolute Gasteiger partial charge is 0.177 e. The van der Waals surface area contributed by atoms with Crippen molar-refractivity contribution in [3.8, 4) is 16.9 Å². The topological polar surface area (TPSA) is 41.9 Å². The number of phenolic OH excluding ortho intramolecular Hbond substituents is 1. The first-order valence-corrected chi connectivity index (χ1v) is 10.6. The molecule has 1 aliphatic heterocycles. The molecule has 4 nitrogen and oxygen atoms in total. The second kappa shape index (κ2) is 8.72. The molecule has 2 aromatic rings. The fourth-order valence-electron chi connectivity index (χ4n) is 4.97. The van der Waals surface area contributed by atoms with Gasteiger partial charge in [-0.15, -0.1) is 0 Å². The zero-order valence-corrected chi connectivity index (χ0v) is 17.3. The molecular formula is C24H30FNO3. The van der Waals surface area contributed by atoms with Gasteiger partial charge in [-0.2, -0.15) is 0 Å². The highest BCUT2D eigenvalue weighted by molar-refractivity contribution is 5.73. The lowest BCUT2D eigenvalue weighted by Gasteiger charge is -2.40. The molecule has 0 radical (unpaired) electrons. The number of piperidine rings is 1. The van der Waals surface area contributed by atoms with Crippen LogP contribution >= 0.6 is 0 Å². The maximum atomic E-state index is 15.3. The molecule has 0 bridgehead atoms. The molecule has 0 aromatic heterocycles. The van der Waals surface area contributed by atoms with E-state index < -0.39 is 0 Å². The number of rotatable bonds is 5. The number of fused-ring (bicyclic) bond motifs is 1. The zero-order valence-electron chi connectivity index (χ0n) is 17.3. The Balaban J connectivity index is 1.69. The van der Waals surface area contributed by atoms with Gasteiger partial charge in [0.15, 0.2) is 6.29 Å². The summed E-state index contributed by atoms with van der Waals surface area (Å²) >= 11 is 0. The Hall–Kier alpha value is -2.11. The molecule has 2 aromatic carbocycles. The van der Waals surface area contributed by atoms with Gasteiger partial charge in [-0.25, -0.2) is 4.39 Å². The minimum absolute atomic E-state index is 0.00682. The number of methoxy groups -OCH3 is 2. The second-order valence-electron chi connectivity index (χ2n) is 8.10. The Morgan fingerprint density at radius 2 is 1.83 bits per heavy atom. The Morgan fingerprint density at radius 1 is 1.03 bits per heavy atom. The lowest BCUT2D eigenvalue weighted by molar-refractivity contribution is -0.120. The van der Waals surface area contributed by atoms with Crippen LogP contribution in [0.5, 0.6) is 5.75 Å². The highest BCUT2D eigenvalue weighted by Crippen LogP contribution is 2.37. The predicted molar refractivity (Wildman–Crippen MR) is 113 cm³/mol. The monoisotopic (exact) mass is 399 g/mol. The van der Waals surface area contributed by atoms with Crippen molar-refractivity contribution in [2.24, 2.45) is 0 Å². The second-order valence-corrected chi connectivity index (χ2v) is 8.10. The average Bonchev–Trinajstić information content (AvgIpc) is 2.74. The van der Waals surface area contributed by atoms with Crippen molar-refractivity contribution < 1.29 is 19.0 Å². The number of anilines is 1. The number of phenols is 1. The van der Waals surface area contributed by atoms with Crippen LogP contribution in [-0.4, -0.2) is 38.2 Å². The molecule has 5 heteroatoms. The lowest BCUT2D eigenvalue weighted by atomic mass is 9.85. The van der Waals surface area contributed by atoms with Crippen LogP contribution in [0.15, 0.2) is 30.3 Å². The highest BCUT2D eigenvalue weighted by atomic mass is 19.1. The third kappa shape index (κ3) is 3.99. The molecule has 1 heterocycles. The molecule has 1 saturated heterocycles. The van der Waals surface area contributed by atoms with Gasteiger partial charge in [-0.1, -0.05) is 6.07 Å². The normalized spacial score (nSPS) is 19.4. The summed E-state index contributed by atoms with van der Waals surface area (Å²) in [6, 6.07) is 9.07. The zero-order chi connectivity index (χ0) is 20.4. The van der Waals surface area contributed by atoms with Gasteiger partial charge in [0.05, 0.1) is 11.7 Å². The molecule has 29 heavy (non-hydrogen) atoms. The number of aromatic hydroxyl groups is 1. The van der Waals surface area contributed by atoms with E-state index in [1.54, 1.807) is 26.4 Å². The summed E-state index contributed by atoms with van der Waals surface area (Å²) in [6.07, 6.45) is 6.86. The molecule has 1 unspecified atom stereocenters. The molecule has 0 saturated carbocycles. The summed E-state index contributed by atoms with van der Waals surface area (Å²) in [5, 5.41) is 10.2. The Kier molecular flexibility index (Phi) is 6.07. The number of ether oxygens (including phenoxy) is 2. The van der Waals surface area contributed by atoms with Gasteiger partial charge >= 0.3 is 0 Å². The quantitative estimate of drug-likeness (QED) is 0.714. The number of benzene rings is 2. The van der Waals surface area contributed by atoms with Crippen molar-refractivity contribution in [3.63, 3.8) is 0 Å². The van der Waals surface area contributed by atoms with Crippen molar-refractivity contribution in [1.29, 1.82) is 0 Å². The molecule has 1 aliphatic carbocycles. The van der Waals surface area contributed by atoms with Crippen LogP contribution < -0.4 is 4.90 Å². The maximum Gasteiger partial charge on any atom is 0.177 e. The number of aryl methyl sites for hydroxylation is 1. The summed E-state index contributed by atoms with van der Waals surface area (Å²) in [5.41, 5.74) is 4.80. The van der Waals surface area contributed by atoms with Crippen molar-refractivity contribution in [1.82, 2.24) is 0 Å². The molecule has 0 amide bonds. The van der Waals surface area contributed by atoms with Crippen LogP contribution in [0.25, 0.3) is 11.1 Å². The molecule has 1 fully saturated rings. The summed E-state index contributed by atoms with van der Waals surface area (Å²) in [7, 11) is 3.26. The van der Waals surface area contributed by atoms with Crippen molar-refractivity contribution in [3.05, 3.63) is 47.3 Å². The standard InChI is InChI=1S/C24H30FNO3/c1-28-24(29-2)23-9-5-6-12-26(23)22-11-10-17(14-21(22)25)20-15-18(27)13-16-7-3-4-8-19(16)20/h10-11,13-15,23-24,27H,3-9,12H2,1-2H3. The van der Waals surface area contributed by atoms with E-state index in [1.807, 2.05) is 18.2 Å². The van der Waals surface area contributed by atoms with E-state index in [0.717, 1.165) is 62.6 Å². The van der Waals surface area contributed by atoms with E-state index in [9.17, 15) is 5.11 Å². The first-order chi connectivity index (χ1) is 14.1. The van der Waals surface area contributed by atoms with Crippen molar-refractivity contribution in [2.45, 2.75) is 57.3 Å². The number of hydrogen-bond acceptors (Lipinski definition) is 4. The first kappa shape index (κ1) is 20.2. The molecule has 4 rings (SSSR count). The minimum Gasteiger partial charge on any atom is -0.508 e. The third-order valence-corrected chi connectivity index (χ3v) is 6.35.